The molecule has 0 aliphatic carbocycles. The van der Waals surface area contributed by atoms with E-state index in [2.05, 4.69) is 5.32 Å². The Hall–Kier alpha value is -1.84. The maximum atomic E-state index is 11.8. The highest BCUT2D eigenvalue weighted by atomic mass is 16.2. The molecule has 1 saturated heterocycles. The van der Waals surface area contributed by atoms with Gasteiger partial charge in [0.25, 0.3) is 0 Å². The predicted molar refractivity (Wildman–Crippen MR) is 73.6 cm³/mol. The minimum Gasteiger partial charge on any atom is -0.355 e. The van der Waals surface area contributed by atoms with Gasteiger partial charge in [-0.3, -0.25) is 9.59 Å². The molecule has 19 heavy (non-hydrogen) atoms. The van der Waals surface area contributed by atoms with Crippen LogP contribution in [0.4, 0.5) is 0 Å². The van der Waals surface area contributed by atoms with E-state index in [1.54, 1.807) is 4.90 Å². The summed E-state index contributed by atoms with van der Waals surface area (Å²) < 4.78 is 0. The first-order valence-corrected chi connectivity index (χ1v) is 6.84. The quantitative estimate of drug-likeness (QED) is 0.813. The zero-order chi connectivity index (χ0) is 13.5. The number of hydrogen-bond acceptors (Lipinski definition) is 2. The highest BCUT2D eigenvalue weighted by Crippen LogP contribution is 2.08. The first-order valence-electron chi connectivity index (χ1n) is 6.84. The molecule has 0 saturated carbocycles. The van der Waals surface area contributed by atoms with Crippen molar-refractivity contribution in [3.63, 3.8) is 0 Å². The van der Waals surface area contributed by atoms with Crippen molar-refractivity contribution in [1.82, 2.24) is 10.2 Å². The number of amides is 2. The lowest BCUT2D eigenvalue weighted by molar-refractivity contribution is -0.135. The lowest BCUT2D eigenvalue weighted by atomic mass is 10.1. The largest absolute Gasteiger partial charge is 0.355 e. The average Bonchev–Trinajstić information content (AvgIpc) is 2.94. The Balaban J connectivity index is 1.65. The van der Waals surface area contributed by atoms with Crippen LogP contribution in [-0.2, 0) is 16.0 Å². The number of likely N-dealkylation sites (tertiary alicyclic amines) is 1. The first kappa shape index (κ1) is 13.6. The molecule has 1 aromatic rings. The van der Waals surface area contributed by atoms with Crippen LogP contribution < -0.4 is 5.32 Å². The zero-order valence-corrected chi connectivity index (χ0v) is 11.1. The third-order valence-corrected chi connectivity index (χ3v) is 3.35. The van der Waals surface area contributed by atoms with Gasteiger partial charge in [-0.05, 0) is 24.8 Å². The SMILES string of the molecule is O=C(CC(=O)N1CCCC1)NCCc1ccccc1. The van der Waals surface area contributed by atoms with Crippen LogP contribution >= 0.6 is 0 Å². The van der Waals surface area contributed by atoms with Gasteiger partial charge in [-0.15, -0.1) is 0 Å². The van der Waals surface area contributed by atoms with Crippen molar-refractivity contribution in [2.75, 3.05) is 19.6 Å². The second-order valence-corrected chi connectivity index (χ2v) is 4.85. The van der Waals surface area contributed by atoms with Crippen LogP contribution in [0.2, 0.25) is 0 Å². The molecule has 1 heterocycles. The highest BCUT2D eigenvalue weighted by molar-refractivity contribution is 5.96. The molecular weight excluding hydrogens is 240 g/mol. The Morgan fingerprint density at radius 2 is 1.79 bits per heavy atom. The fourth-order valence-corrected chi connectivity index (χ4v) is 2.27. The Morgan fingerprint density at radius 3 is 2.47 bits per heavy atom. The van der Waals surface area contributed by atoms with E-state index in [4.69, 9.17) is 0 Å². The molecule has 1 fully saturated rings. The van der Waals surface area contributed by atoms with Crippen LogP contribution in [0.1, 0.15) is 24.8 Å². The van der Waals surface area contributed by atoms with Gasteiger partial charge in [0.2, 0.25) is 11.8 Å². The first-order chi connectivity index (χ1) is 9.25. The molecule has 0 aromatic heterocycles. The molecule has 102 valence electrons. The van der Waals surface area contributed by atoms with Crippen molar-refractivity contribution in [2.24, 2.45) is 0 Å². The maximum Gasteiger partial charge on any atom is 0.232 e. The van der Waals surface area contributed by atoms with E-state index >= 15 is 0 Å². The maximum absolute atomic E-state index is 11.8. The number of carbonyl (C=O) groups is 2. The van der Waals surface area contributed by atoms with E-state index in [1.165, 1.54) is 5.56 Å². The number of rotatable bonds is 5. The number of nitrogens with one attached hydrogen (secondary N) is 1. The summed E-state index contributed by atoms with van der Waals surface area (Å²) in [5.74, 6) is -0.220. The Morgan fingerprint density at radius 1 is 1.11 bits per heavy atom. The van der Waals surface area contributed by atoms with Crippen molar-refractivity contribution in [1.29, 1.82) is 0 Å². The molecule has 0 unspecified atom stereocenters. The van der Waals surface area contributed by atoms with Gasteiger partial charge in [-0.1, -0.05) is 30.3 Å². The summed E-state index contributed by atoms with van der Waals surface area (Å²) in [5, 5.41) is 2.80. The smallest absolute Gasteiger partial charge is 0.232 e. The van der Waals surface area contributed by atoms with Crippen molar-refractivity contribution in [3.05, 3.63) is 35.9 Å². The molecule has 1 aliphatic heterocycles. The Labute approximate surface area is 113 Å². The normalized spacial score (nSPS) is 14.4. The molecule has 0 spiro atoms. The van der Waals surface area contributed by atoms with Gasteiger partial charge in [0.1, 0.15) is 6.42 Å². The summed E-state index contributed by atoms with van der Waals surface area (Å²) in [5.41, 5.74) is 1.19. The van der Waals surface area contributed by atoms with Crippen LogP contribution in [0.15, 0.2) is 30.3 Å². The second-order valence-electron chi connectivity index (χ2n) is 4.85. The number of nitrogens with zero attached hydrogens (tertiary/aromatic N) is 1. The Kier molecular flexibility index (Phi) is 4.95. The summed E-state index contributed by atoms with van der Waals surface area (Å²) in [6.07, 6.45) is 2.89. The van der Waals surface area contributed by atoms with E-state index in [9.17, 15) is 9.59 Å². The monoisotopic (exact) mass is 260 g/mol. The van der Waals surface area contributed by atoms with Crippen molar-refractivity contribution >= 4 is 11.8 Å². The third kappa shape index (κ3) is 4.39. The van der Waals surface area contributed by atoms with Crippen LogP contribution in [0.3, 0.4) is 0 Å². The van der Waals surface area contributed by atoms with Gasteiger partial charge in [-0.25, -0.2) is 0 Å². The summed E-state index contributed by atoms with van der Waals surface area (Å²) in [6, 6.07) is 9.99. The molecule has 1 aromatic carbocycles. The molecule has 1 N–H and O–H groups in total. The lowest BCUT2D eigenvalue weighted by Crippen LogP contribution is -2.34. The Bertz CT molecular complexity index is 425. The lowest BCUT2D eigenvalue weighted by Gasteiger charge is -2.14. The van der Waals surface area contributed by atoms with E-state index in [0.29, 0.717) is 6.54 Å². The number of hydrogen-bond donors (Lipinski definition) is 1. The summed E-state index contributed by atoms with van der Waals surface area (Å²) in [4.78, 5) is 25.2. The second kappa shape index (κ2) is 6.92. The van der Waals surface area contributed by atoms with Crippen LogP contribution in [0, 0.1) is 0 Å². The van der Waals surface area contributed by atoms with Crippen molar-refractivity contribution in [2.45, 2.75) is 25.7 Å². The minimum atomic E-state index is -0.173. The standard InChI is InChI=1S/C15H20N2O2/c18-14(12-15(19)17-10-4-5-11-17)16-9-8-13-6-2-1-3-7-13/h1-3,6-7H,4-5,8-12H2,(H,16,18). The molecule has 0 radical (unpaired) electrons. The molecular formula is C15H20N2O2. The van der Waals surface area contributed by atoms with E-state index in [0.717, 1.165) is 32.4 Å². The highest BCUT2D eigenvalue weighted by Gasteiger charge is 2.19. The molecule has 2 amide bonds. The minimum absolute atomic E-state index is 0.0191. The number of benzene rings is 1. The van der Waals surface area contributed by atoms with E-state index < -0.39 is 0 Å². The zero-order valence-electron chi connectivity index (χ0n) is 11.1. The third-order valence-electron chi connectivity index (χ3n) is 3.35. The van der Waals surface area contributed by atoms with Gasteiger partial charge in [0, 0.05) is 19.6 Å². The molecule has 0 atom stereocenters. The van der Waals surface area contributed by atoms with Crippen LogP contribution in [0.5, 0.6) is 0 Å². The van der Waals surface area contributed by atoms with E-state index in [-0.39, 0.29) is 18.2 Å². The summed E-state index contributed by atoms with van der Waals surface area (Å²) >= 11 is 0. The van der Waals surface area contributed by atoms with Gasteiger partial charge in [0.05, 0.1) is 0 Å². The van der Waals surface area contributed by atoms with E-state index in [1.807, 2.05) is 30.3 Å². The van der Waals surface area contributed by atoms with Crippen molar-refractivity contribution in [3.8, 4) is 0 Å². The topological polar surface area (TPSA) is 49.4 Å². The average molecular weight is 260 g/mol. The van der Waals surface area contributed by atoms with Gasteiger partial charge < -0.3 is 10.2 Å². The van der Waals surface area contributed by atoms with Gasteiger partial charge >= 0.3 is 0 Å². The molecule has 2 rings (SSSR count). The number of carbonyl (C=O) groups excluding carboxylic acids is 2. The molecule has 4 heteroatoms. The fraction of sp³-hybridized carbons (Fsp3) is 0.467. The van der Waals surface area contributed by atoms with Crippen LogP contribution in [-0.4, -0.2) is 36.3 Å². The van der Waals surface area contributed by atoms with Crippen molar-refractivity contribution < 1.29 is 9.59 Å². The predicted octanol–water partition coefficient (Wildman–Crippen LogP) is 1.36. The fourth-order valence-electron chi connectivity index (χ4n) is 2.27. The molecule has 1 aliphatic rings. The van der Waals surface area contributed by atoms with Gasteiger partial charge in [-0.2, -0.15) is 0 Å². The molecule has 0 bridgehead atoms. The van der Waals surface area contributed by atoms with Gasteiger partial charge in [0.15, 0.2) is 0 Å². The summed E-state index contributed by atoms with van der Waals surface area (Å²) in [7, 11) is 0. The van der Waals surface area contributed by atoms with Crippen LogP contribution in [0.25, 0.3) is 0 Å². The summed E-state index contributed by atoms with van der Waals surface area (Å²) in [6.45, 7) is 2.18. The molecule has 4 nitrogen and oxygen atoms in total.